The predicted octanol–water partition coefficient (Wildman–Crippen LogP) is 4.56. The Morgan fingerprint density at radius 1 is 1.42 bits per heavy atom. The number of benzene rings is 1. The van der Waals surface area contributed by atoms with E-state index in [2.05, 4.69) is 39.5 Å². The van der Waals surface area contributed by atoms with Gasteiger partial charge >= 0.3 is 49.6 Å². The van der Waals surface area contributed by atoms with Gasteiger partial charge in [-0.05, 0) is 18.6 Å². The second-order valence-corrected chi connectivity index (χ2v) is 25.9. The second-order valence-electron chi connectivity index (χ2n) is 1.97. The third-order valence-electron chi connectivity index (χ3n) is 1.14. The molecule has 0 saturated heterocycles. The van der Waals surface area contributed by atoms with Crippen LogP contribution >= 0.6 is 51.1 Å². The molecule has 0 aromatic heterocycles. The van der Waals surface area contributed by atoms with Crippen LogP contribution < -0.4 is 0 Å². The molecule has 0 aliphatic heterocycles. The summed E-state index contributed by atoms with van der Waals surface area (Å²) >= 11 is 10.4. The van der Waals surface area contributed by atoms with Gasteiger partial charge in [0.25, 0.3) is 0 Å². The number of halogens is 4. The Hall–Kier alpha value is 1.52. The van der Waals surface area contributed by atoms with E-state index in [1.807, 2.05) is 0 Å². The van der Waals surface area contributed by atoms with Crippen molar-refractivity contribution in [2.45, 2.75) is 6.92 Å². The van der Waals surface area contributed by atoms with Crippen molar-refractivity contribution in [3.63, 3.8) is 0 Å². The van der Waals surface area contributed by atoms with Gasteiger partial charge in [-0.15, -0.1) is 0 Å². The van der Waals surface area contributed by atoms with Crippen molar-refractivity contribution in [3.05, 3.63) is 34.6 Å². The molecule has 0 N–H and O–H groups in total. The van der Waals surface area contributed by atoms with Gasteiger partial charge in [-0.25, -0.2) is 4.39 Å². The molecule has 5 heteroatoms. The summed E-state index contributed by atoms with van der Waals surface area (Å²) in [6, 6.07) is 4.94. The fourth-order valence-corrected chi connectivity index (χ4v) is 0.833. The second kappa shape index (κ2) is 7.88. The molecule has 0 fully saturated rings. The van der Waals surface area contributed by atoms with E-state index in [1.165, 1.54) is 6.07 Å². The summed E-state index contributed by atoms with van der Waals surface area (Å²) in [7, 11) is 0.0650. The van der Waals surface area contributed by atoms with Crippen LogP contribution in [-0.4, -0.2) is 0 Å². The molecule has 1 aromatic carbocycles. The summed E-state index contributed by atoms with van der Waals surface area (Å²) in [5.74, 6) is -0.320. The van der Waals surface area contributed by atoms with Crippen LogP contribution in [0.3, 0.4) is 0 Å². The maximum absolute atomic E-state index is 12.6. The van der Waals surface area contributed by atoms with Crippen molar-refractivity contribution in [1.82, 2.24) is 0 Å². The molecular formula is C7H6ClFI2Zn. The summed E-state index contributed by atoms with van der Waals surface area (Å²) in [6.45, 7) is 1.68. The van der Waals surface area contributed by atoms with E-state index < -0.39 is 0 Å². The Bertz CT molecular complexity index is 225. The molecule has 0 heterocycles. The summed E-state index contributed by atoms with van der Waals surface area (Å²) < 4.78 is 12.6. The van der Waals surface area contributed by atoms with Gasteiger partial charge in [0.15, 0.2) is 0 Å². The SMILES string of the molecule is Cc1cccc(Cl)c1F.[I][Zn][I]. The first kappa shape index (κ1) is 13.5. The Morgan fingerprint density at radius 2 is 1.92 bits per heavy atom. The minimum absolute atomic E-state index is 0.0650. The first-order valence-corrected chi connectivity index (χ1v) is 21.6. The van der Waals surface area contributed by atoms with Crippen molar-refractivity contribution in [2.75, 3.05) is 0 Å². The van der Waals surface area contributed by atoms with Crippen LogP contribution in [0.15, 0.2) is 18.2 Å². The number of aryl methyl sites for hydroxylation is 1. The molecular weight excluding hydrogens is 458 g/mol. The van der Waals surface area contributed by atoms with Crippen molar-refractivity contribution in [2.24, 2.45) is 0 Å². The van der Waals surface area contributed by atoms with Crippen LogP contribution in [0.1, 0.15) is 5.56 Å². The first-order chi connectivity index (χ1) is 5.63. The van der Waals surface area contributed by atoms with Crippen molar-refractivity contribution in [1.29, 1.82) is 0 Å². The molecule has 1 aromatic rings. The maximum atomic E-state index is 12.6. The molecule has 0 saturated carbocycles. The van der Waals surface area contributed by atoms with E-state index in [9.17, 15) is 4.39 Å². The molecule has 0 atom stereocenters. The van der Waals surface area contributed by atoms with E-state index >= 15 is 0 Å². The summed E-state index contributed by atoms with van der Waals surface area (Å²) in [5.41, 5.74) is 0.586. The third kappa shape index (κ3) is 5.30. The molecule has 0 amide bonds. The number of rotatable bonds is 0. The van der Waals surface area contributed by atoms with Crippen LogP contribution in [0.25, 0.3) is 0 Å². The van der Waals surface area contributed by atoms with Gasteiger partial charge in [-0.3, -0.25) is 0 Å². The molecule has 0 spiro atoms. The normalized spacial score (nSPS) is 8.08. The predicted molar refractivity (Wildman–Crippen MR) is 64.2 cm³/mol. The quantitative estimate of drug-likeness (QED) is 0.391. The Labute approximate surface area is 106 Å². The topological polar surface area (TPSA) is 0 Å². The monoisotopic (exact) mass is 462 g/mol. The number of hydrogen-bond acceptors (Lipinski definition) is 0. The molecule has 0 nitrogen and oxygen atoms in total. The van der Waals surface area contributed by atoms with Crippen LogP contribution in [0.5, 0.6) is 0 Å². The average molecular weight is 464 g/mol. The Kier molecular flexibility index (Phi) is 8.88. The van der Waals surface area contributed by atoms with Gasteiger partial charge in [-0.2, -0.15) is 0 Å². The molecule has 0 aliphatic carbocycles. The average Bonchev–Trinajstić information content (AvgIpc) is 2.02. The Morgan fingerprint density at radius 3 is 2.25 bits per heavy atom. The summed E-state index contributed by atoms with van der Waals surface area (Å²) in [6.07, 6.45) is 0. The van der Waals surface area contributed by atoms with Gasteiger partial charge in [0, 0.05) is 0 Å². The standard InChI is InChI=1S/C7H6ClF.2HI.Zn/c1-5-3-2-4-6(8)7(5)9;;;/h2-4H,1H3;2*1H;/q;;;+2/p-2. The zero-order valence-electron chi connectivity index (χ0n) is 6.45. The Balaban J connectivity index is 0.000000354. The summed E-state index contributed by atoms with van der Waals surface area (Å²) in [5, 5.41) is 0.190. The zero-order valence-corrected chi connectivity index (χ0v) is 14.5. The van der Waals surface area contributed by atoms with E-state index in [4.69, 9.17) is 11.6 Å². The van der Waals surface area contributed by atoms with Crippen molar-refractivity contribution < 1.29 is 14.5 Å². The molecule has 0 radical (unpaired) electrons. The minimum atomic E-state index is -0.320. The van der Waals surface area contributed by atoms with E-state index in [0.29, 0.717) is 5.56 Å². The molecule has 1 rings (SSSR count). The summed E-state index contributed by atoms with van der Waals surface area (Å²) in [4.78, 5) is 0. The van der Waals surface area contributed by atoms with E-state index in [0.717, 1.165) is 0 Å². The van der Waals surface area contributed by atoms with Crippen LogP contribution in [0.2, 0.25) is 5.02 Å². The molecule has 0 aliphatic rings. The van der Waals surface area contributed by atoms with Crippen molar-refractivity contribution in [3.8, 4) is 0 Å². The van der Waals surface area contributed by atoms with Gasteiger partial charge in [-0.1, -0.05) is 23.7 Å². The molecule has 0 unspecified atom stereocenters. The number of hydrogen-bond donors (Lipinski definition) is 0. The third-order valence-corrected chi connectivity index (χ3v) is 1.44. The fourth-order valence-electron chi connectivity index (χ4n) is 0.612. The molecule has 64 valence electrons. The van der Waals surface area contributed by atoms with Crippen LogP contribution in [0, 0.1) is 12.7 Å². The molecule has 0 bridgehead atoms. The van der Waals surface area contributed by atoms with Gasteiger partial charge in [0.2, 0.25) is 0 Å². The van der Waals surface area contributed by atoms with Gasteiger partial charge in [0.05, 0.1) is 5.02 Å². The zero-order chi connectivity index (χ0) is 9.56. The fraction of sp³-hybridized carbons (Fsp3) is 0.143. The van der Waals surface area contributed by atoms with Crippen LogP contribution in [0.4, 0.5) is 4.39 Å². The van der Waals surface area contributed by atoms with E-state index in [-0.39, 0.29) is 20.9 Å². The molecule has 12 heavy (non-hydrogen) atoms. The van der Waals surface area contributed by atoms with Crippen LogP contribution in [-0.2, 0) is 10.1 Å². The first-order valence-electron chi connectivity index (χ1n) is 3.16. The van der Waals surface area contributed by atoms with E-state index in [1.54, 1.807) is 19.1 Å². The van der Waals surface area contributed by atoms with Crippen molar-refractivity contribution >= 4 is 51.1 Å². The van der Waals surface area contributed by atoms with Gasteiger partial charge in [0.1, 0.15) is 5.82 Å². The van der Waals surface area contributed by atoms with Gasteiger partial charge < -0.3 is 0 Å².